The number of nitro groups is 1. The summed E-state index contributed by atoms with van der Waals surface area (Å²) in [6.45, 7) is 5.73. The van der Waals surface area contributed by atoms with Crippen LogP contribution in [0.5, 0.6) is 0 Å². The lowest BCUT2D eigenvalue weighted by Gasteiger charge is -2.21. The van der Waals surface area contributed by atoms with Crippen LogP contribution in [0.25, 0.3) is 0 Å². The van der Waals surface area contributed by atoms with Crippen LogP contribution >= 0.6 is 0 Å². The van der Waals surface area contributed by atoms with E-state index in [0.29, 0.717) is 0 Å². The molecule has 0 saturated carbocycles. The molecule has 0 saturated heterocycles. The van der Waals surface area contributed by atoms with Crippen LogP contribution in [0.15, 0.2) is 18.2 Å². The molecule has 5 nitrogen and oxygen atoms in total. The summed E-state index contributed by atoms with van der Waals surface area (Å²) in [7, 11) is 1.76. The van der Waals surface area contributed by atoms with Gasteiger partial charge in [-0.2, -0.15) is 0 Å². The highest BCUT2D eigenvalue weighted by molar-refractivity contribution is 5.64. The summed E-state index contributed by atoms with van der Waals surface area (Å²) in [5.74, 6) is 0. The maximum Gasteiger partial charge on any atom is 0.273 e. The molecular formula is C11H17N3O2. The predicted molar refractivity (Wildman–Crippen MR) is 66.2 cm³/mol. The van der Waals surface area contributed by atoms with E-state index in [1.54, 1.807) is 13.1 Å². The van der Waals surface area contributed by atoms with Crippen molar-refractivity contribution in [3.8, 4) is 0 Å². The SMILES string of the molecule is CCN(CC)c1cc(NC)cc([N+](=O)[O-])c1. The number of non-ortho nitro benzene ring substituents is 1. The van der Waals surface area contributed by atoms with Gasteiger partial charge in [0, 0.05) is 43.6 Å². The molecule has 0 amide bonds. The highest BCUT2D eigenvalue weighted by Gasteiger charge is 2.11. The van der Waals surface area contributed by atoms with Gasteiger partial charge in [0.25, 0.3) is 5.69 Å². The minimum atomic E-state index is -0.367. The number of rotatable bonds is 5. The predicted octanol–water partition coefficient (Wildman–Crippen LogP) is 2.48. The van der Waals surface area contributed by atoms with E-state index < -0.39 is 0 Å². The fraction of sp³-hybridized carbons (Fsp3) is 0.455. The summed E-state index contributed by atoms with van der Waals surface area (Å²) in [6, 6.07) is 5.06. The number of hydrogen-bond donors (Lipinski definition) is 1. The fourth-order valence-electron chi connectivity index (χ4n) is 1.62. The monoisotopic (exact) mass is 223 g/mol. The van der Waals surface area contributed by atoms with Crippen molar-refractivity contribution in [2.75, 3.05) is 30.4 Å². The van der Waals surface area contributed by atoms with Crippen LogP contribution in [-0.2, 0) is 0 Å². The third-order valence-corrected chi connectivity index (χ3v) is 2.53. The Hall–Kier alpha value is -1.78. The molecule has 88 valence electrons. The zero-order valence-electron chi connectivity index (χ0n) is 9.86. The molecule has 0 aliphatic rings. The Bertz CT molecular complexity index is 375. The first kappa shape index (κ1) is 12.3. The van der Waals surface area contributed by atoms with Crippen LogP contribution in [-0.4, -0.2) is 25.1 Å². The second-order valence-electron chi connectivity index (χ2n) is 3.42. The molecule has 16 heavy (non-hydrogen) atoms. The van der Waals surface area contributed by atoms with E-state index in [1.807, 2.05) is 19.9 Å². The Morgan fingerprint density at radius 2 is 1.94 bits per heavy atom. The first-order valence-corrected chi connectivity index (χ1v) is 5.34. The summed E-state index contributed by atoms with van der Waals surface area (Å²) in [6.07, 6.45) is 0. The lowest BCUT2D eigenvalue weighted by Crippen LogP contribution is -2.21. The van der Waals surface area contributed by atoms with E-state index >= 15 is 0 Å². The van der Waals surface area contributed by atoms with Crippen molar-refractivity contribution in [2.45, 2.75) is 13.8 Å². The van der Waals surface area contributed by atoms with E-state index in [-0.39, 0.29) is 10.6 Å². The maximum absolute atomic E-state index is 10.8. The van der Waals surface area contributed by atoms with Crippen molar-refractivity contribution >= 4 is 17.1 Å². The number of hydrogen-bond acceptors (Lipinski definition) is 4. The number of nitrogens with zero attached hydrogens (tertiary/aromatic N) is 2. The first-order valence-electron chi connectivity index (χ1n) is 5.34. The maximum atomic E-state index is 10.8. The van der Waals surface area contributed by atoms with Gasteiger partial charge in [0.1, 0.15) is 0 Å². The van der Waals surface area contributed by atoms with Crippen molar-refractivity contribution in [3.63, 3.8) is 0 Å². The average molecular weight is 223 g/mol. The first-order chi connectivity index (χ1) is 7.62. The molecule has 0 aliphatic heterocycles. The molecule has 1 rings (SSSR count). The quantitative estimate of drug-likeness (QED) is 0.615. The smallest absolute Gasteiger partial charge is 0.273 e. The van der Waals surface area contributed by atoms with Crippen molar-refractivity contribution < 1.29 is 4.92 Å². The minimum absolute atomic E-state index is 0.119. The molecular weight excluding hydrogens is 206 g/mol. The number of nitro benzene ring substituents is 1. The van der Waals surface area contributed by atoms with Gasteiger partial charge in [0.05, 0.1) is 4.92 Å². The minimum Gasteiger partial charge on any atom is -0.388 e. The number of benzene rings is 1. The molecule has 0 radical (unpaired) electrons. The summed E-state index contributed by atoms with van der Waals surface area (Å²) in [5.41, 5.74) is 1.76. The molecule has 1 N–H and O–H groups in total. The van der Waals surface area contributed by atoms with Crippen LogP contribution in [0.2, 0.25) is 0 Å². The highest BCUT2D eigenvalue weighted by Crippen LogP contribution is 2.26. The second kappa shape index (κ2) is 5.34. The normalized spacial score (nSPS) is 9.94. The van der Waals surface area contributed by atoms with Crippen LogP contribution in [0.1, 0.15) is 13.8 Å². The molecule has 0 aliphatic carbocycles. The Kier molecular flexibility index (Phi) is 4.10. The van der Waals surface area contributed by atoms with Gasteiger partial charge in [-0.15, -0.1) is 0 Å². The number of nitrogens with one attached hydrogen (secondary N) is 1. The van der Waals surface area contributed by atoms with Gasteiger partial charge in [-0.25, -0.2) is 0 Å². The zero-order chi connectivity index (χ0) is 12.1. The van der Waals surface area contributed by atoms with Gasteiger partial charge >= 0.3 is 0 Å². The van der Waals surface area contributed by atoms with E-state index in [0.717, 1.165) is 24.5 Å². The lowest BCUT2D eigenvalue weighted by molar-refractivity contribution is -0.384. The average Bonchev–Trinajstić information content (AvgIpc) is 2.30. The largest absolute Gasteiger partial charge is 0.388 e. The van der Waals surface area contributed by atoms with Gasteiger partial charge < -0.3 is 10.2 Å². The molecule has 0 aromatic heterocycles. The van der Waals surface area contributed by atoms with Crippen molar-refractivity contribution in [1.82, 2.24) is 0 Å². The fourth-order valence-corrected chi connectivity index (χ4v) is 1.62. The van der Waals surface area contributed by atoms with Gasteiger partial charge in [-0.05, 0) is 19.9 Å². The highest BCUT2D eigenvalue weighted by atomic mass is 16.6. The van der Waals surface area contributed by atoms with Crippen LogP contribution in [0.3, 0.4) is 0 Å². The second-order valence-corrected chi connectivity index (χ2v) is 3.42. The molecule has 0 bridgehead atoms. The standard InChI is InChI=1S/C11H17N3O2/c1-4-13(5-2)10-6-9(12-3)7-11(8-10)14(15)16/h6-8,12H,4-5H2,1-3H3. The van der Waals surface area contributed by atoms with E-state index in [2.05, 4.69) is 10.2 Å². The Morgan fingerprint density at radius 1 is 1.31 bits per heavy atom. The molecule has 0 heterocycles. The van der Waals surface area contributed by atoms with Crippen molar-refractivity contribution in [1.29, 1.82) is 0 Å². The summed E-state index contributed by atoms with van der Waals surface area (Å²) in [4.78, 5) is 12.5. The summed E-state index contributed by atoms with van der Waals surface area (Å²) < 4.78 is 0. The molecule has 0 unspecified atom stereocenters. The van der Waals surface area contributed by atoms with Gasteiger partial charge in [-0.3, -0.25) is 10.1 Å². The summed E-state index contributed by atoms with van der Waals surface area (Å²) >= 11 is 0. The van der Waals surface area contributed by atoms with Gasteiger partial charge in [-0.1, -0.05) is 0 Å². The lowest BCUT2D eigenvalue weighted by atomic mass is 10.2. The molecule has 0 atom stereocenters. The molecule has 0 fully saturated rings. The van der Waals surface area contributed by atoms with E-state index in [9.17, 15) is 10.1 Å². The van der Waals surface area contributed by atoms with Crippen LogP contribution in [0.4, 0.5) is 17.1 Å². The number of anilines is 2. The van der Waals surface area contributed by atoms with E-state index in [1.165, 1.54) is 6.07 Å². The molecule has 5 heteroatoms. The third-order valence-electron chi connectivity index (χ3n) is 2.53. The van der Waals surface area contributed by atoms with Gasteiger partial charge in [0.15, 0.2) is 0 Å². The zero-order valence-corrected chi connectivity index (χ0v) is 9.86. The summed E-state index contributed by atoms with van der Waals surface area (Å²) in [5, 5.41) is 13.7. The molecule has 1 aromatic rings. The molecule has 0 spiro atoms. The van der Waals surface area contributed by atoms with Gasteiger partial charge in [0.2, 0.25) is 0 Å². The Morgan fingerprint density at radius 3 is 2.38 bits per heavy atom. The Labute approximate surface area is 95.2 Å². The third kappa shape index (κ3) is 2.62. The Balaban J connectivity index is 3.17. The molecule has 1 aromatic carbocycles. The van der Waals surface area contributed by atoms with Crippen LogP contribution < -0.4 is 10.2 Å². The topological polar surface area (TPSA) is 58.4 Å². The van der Waals surface area contributed by atoms with Crippen molar-refractivity contribution in [3.05, 3.63) is 28.3 Å². The van der Waals surface area contributed by atoms with Crippen molar-refractivity contribution in [2.24, 2.45) is 0 Å². The van der Waals surface area contributed by atoms with Crippen LogP contribution in [0, 0.1) is 10.1 Å². The van der Waals surface area contributed by atoms with E-state index in [4.69, 9.17) is 0 Å².